The molecule has 0 aliphatic carbocycles. The highest BCUT2D eigenvalue weighted by atomic mass is 19.4. The van der Waals surface area contributed by atoms with Crippen LogP contribution in [0.1, 0.15) is 21.7 Å². The largest absolute Gasteiger partial charge is 0.418 e. The van der Waals surface area contributed by atoms with Crippen molar-refractivity contribution in [3.63, 3.8) is 0 Å². The van der Waals surface area contributed by atoms with E-state index in [1.807, 2.05) is 19.0 Å². The first-order valence-corrected chi connectivity index (χ1v) is 7.85. The molecular weight excluding hydrogens is 345 g/mol. The van der Waals surface area contributed by atoms with E-state index in [0.29, 0.717) is 17.9 Å². The van der Waals surface area contributed by atoms with Gasteiger partial charge in [0.05, 0.1) is 16.9 Å². The third kappa shape index (κ3) is 3.55. The number of nitrogens with one attached hydrogen (secondary N) is 1. The maximum Gasteiger partial charge on any atom is 0.418 e. The maximum absolute atomic E-state index is 13.1. The number of hydrogen-bond donors (Lipinski definition) is 1. The number of halogens is 3. The van der Waals surface area contributed by atoms with Crippen molar-refractivity contribution in [3.05, 3.63) is 65.6 Å². The number of rotatable bonds is 4. The Bertz CT molecular complexity index is 947. The molecule has 136 valence electrons. The van der Waals surface area contributed by atoms with Crippen LogP contribution >= 0.6 is 0 Å². The lowest BCUT2D eigenvalue weighted by atomic mass is 10.1. The van der Waals surface area contributed by atoms with Crippen molar-refractivity contribution in [1.82, 2.24) is 14.3 Å². The van der Waals surface area contributed by atoms with E-state index < -0.39 is 17.6 Å². The quantitative estimate of drug-likeness (QED) is 0.771. The van der Waals surface area contributed by atoms with Crippen LogP contribution in [-0.4, -0.2) is 34.3 Å². The van der Waals surface area contributed by atoms with Crippen molar-refractivity contribution >= 4 is 17.2 Å². The number of fused-ring (bicyclic) bond motifs is 1. The summed E-state index contributed by atoms with van der Waals surface area (Å²) in [6.45, 7) is 0.412. The molecule has 0 aliphatic rings. The summed E-state index contributed by atoms with van der Waals surface area (Å²) in [6.07, 6.45) is -2.79. The van der Waals surface area contributed by atoms with Gasteiger partial charge in [-0.1, -0.05) is 18.2 Å². The fourth-order valence-corrected chi connectivity index (χ4v) is 2.70. The van der Waals surface area contributed by atoms with Gasteiger partial charge < -0.3 is 14.6 Å². The van der Waals surface area contributed by atoms with Gasteiger partial charge in [-0.25, -0.2) is 4.98 Å². The van der Waals surface area contributed by atoms with Crippen LogP contribution in [-0.2, 0) is 12.7 Å². The van der Waals surface area contributed by atoms with Crippen LogP contribution < -0.4 is 5.32 Å². The fraction of sp³-hybridized carbons (Fsp3) is 0.222. The summed E-state index contributed by atoms with van der Waals surface area (Å²) in [7, 11) is 3.67. The zero-order chi connectivity index (χ0) is 18.9. The molecule has 0 spiro atoms. The lowest BCUT2D eigenvalue weighted by Gasteiger charge is -2.14. The summed E-state index contributed by atoms with van der Waals surface area (Å²) in [5, 5.41) is 2.35. The van der Waals surface area contributed by atoms with Crippen LogP contribution in [0.15, 0.2) is 48.7 Å². The molecule has 0 unspecified atom stereocenters. The van der Waals surface area contributed by atoms with E-state index in [2.05, 4.69) is 10.3 Å². The molecule has 1 aromatic carbocycles. The van der Waals surface area contributed by atoms with Gasteiger partial charge in [0.15, 0.2) is 5.69 Å². The second-order valence-corrected chi connectivity index (χ2v) is 6.07. The molecule has 2 aromatic heterocycles. The lowest BCUT2D eigenvalue weighted by Crippen LogP contribution is -2.20. The minimum absolute atomic E-state index is 0.0990. The van der Waals surface area contributed by atoms with Crippen LogP contribution in [0.4, 0.5) is 18.9 Å². The van der Waals surface area contributed by atoms with Crippen molar-refractivity contribution in [2.24, 2.45) is 0 Å². The number of hydrogen-bond acceptors (Lipinski definition) is 3. The van der Waals surface area contributed by atoms with Gasteiger partial charge in [0.1, 0.15) is 5.65 Å². The molecule has 0 fully saturated rings. The van der Waals surface area contributed by atoms with Crippen LogP contribution in [0.25, 0.3) is 5.65 Å². The van der Waals surface area contributed by atoms with E-state index in [9.17, 15) is 18.0 Å². The second-order valence-electron chi connectivity index (χ2n) is 6.07. The van der Waals surface area contributed by atoms with Crippen LogP contribution in [0.3, 0.4) is 0 Å². The van der Waals surface area contributed by atoms with Gasteiger partial charge in [-0.2, -0.15) is 13.2 Å². The first kappa shape index (κ1) is 17.9. The summed E-state index contributed by atoms with van der Waals surface area (Å²) < 4.78 is 41.2. The van der Waals surface area contributed by atoms with Gasteiger partial charge in [0.25, 0.3) is 5.91 Å². The number of imidazole rings is 1. The number of carbonyl (C=O) groups excluding carboxylic acids is 1. The first-order valence-electron chi connectivity index (χ1n) is 7.85. The van der Waals surface area contributed by atoms with E-state index >= 15 is 0 Å². The topological polar surface area (TPSA) is 49.6 Å². The van der Waals surface area contributed by atoms with Crippen molar-refractivity contribution < 1.29 is 18.0 Å². The summed E-state index contributed by atoms with van der Waals surface area (Å²) in [4.78, 5) is 18.8. The Kier molecular flexibility index (Phi) is 4.69. The highest BCUT2D eigenvalue weighted by molar-refractivity contribution is 6.04. The lowest BCUT2D eigenvalue weighted by molar-refractivity contribution is -0.136. The molecule has 1 amide bonds. The van der Waals surface area contributed by atoms with Crippen LogP contribution in [0.2, 0.25) is 0 Å². The number of carbonyl (C=O) groups is 1. The maximum atomic E-state index is 13.1. The third-order valence-electron chi connectivity index (χ3n) is 3.79. The number of alkyl halides is 3. The van der Waals surface area contributed by atoms with E-state index in [1.54, 1.807) is 28.8 Å². The fourth-order valence-electron chi connectivity index (χ4n) is 2.70. The Hall–Kier alpha value is -2.87. The van der Waals surface area contributed by atoms with Crippen LogP contribution in [0, 0.1) is 0 Å². The van der Waals surface area contributed by atoms with E-state index in [-0.39, 0.29) is 11.4 Å². The van der Waals surface area contributed by atoms with Gasteiger partial charge in [0, 0.05) is 12.7 Å². The molecule has 26 heavy (non-hydrogen) atoms. The van der Waals surface area contributed by atoms with Gasteiger partial charge in [-0.3, -0.25) is 4.79 Å². The van der Waals surface area contributed by atoms with Crippen LogP contribution in [0.5, 0.6) is 0 Å². The molecule has 0 radical (unpaired) electrons. The summed E-state index contributed by atoms with van der Waals surface area (Å²) in [5.74, 6) is -0.678. The number of amides is 1. The number of aromatic nitrogens is 2. The molecular formula is C18H17F3N4O. The Morgan fingerprint density at radius 3 is 2.54 bits per heavy atom. The van der Waals surface area contributed by atoms with Gasteiger partial charge in [-0.15, -0.1) is 0 Å². The van der Waals surface area contributed by atoms with Crippen molar-refractivity contribution in [2.75, 3.05) is 19.4 Å². The predicted molar refractivity (Wildman–Crippen MR) is 92.0 cm³/mol. The molecule has 0 saturated carbocycles. The van der Waals surface area contributed by atoms with Gasteiger partial charge >= 0.3 is 6.18 Å². The number of anilines is 1. The number of para-hydroxylation sites is 1. The average Bonchev–Trinajstić information content (AvgIpc) is 2.93. The van der Waals surface area contributed by atoms with E-state index in [1.165, 1.54) is 18.2 Å². The van der Waals surface area contributed by atoms with E-state index in [4.69, 9.17) is 0 Å². The second kappa shape index (κ2) is 6.80. The third-order valence-corrected chi connectivity index (χ3v) is 3.79. The van der Waals surface area contributed by atoms with Crippen molar-refractivity contribution in [2.45, 2.75) is 12.7 Å². The minimum Gasteiger partial charge on any atom is -0.320 e. The molecule has 0 aliphatic heterocycles. The SMILES string of the molecule is CN(C)Cc1c(C(=O)Nc2ccccc2C(F)(F)F)nc2ccccn12. The molecule has 0 bridgehead atoms. The zero-order valence-corrected chi connectivity index (χ0v) is 14.2. The minimum atomic E-state index is -4.56. The molecule has 3 aromatic rings. The number of pyridine rings is 1. The van der Waals surface area contributed by atoms with Gasteiger partial charge in [0.2, 0.25) is 0 Å². The Morgan fingerprint density at radius 2 is 1.85 bits per heavy atom. The monoisotopic (exact) mass is 362 g/mol. The highest BCUT2D eigenvalue weighted by Gasteiger charge is 2.34. The normalized spacial score (nSPS) is 11.9. The van der Waals surface area contributed by atoms with Gasteiger partial charge in [-0.05, 0) is 38.4 Å². The Balaban J connectivity index is 2.01. The molecule has 1 N–H and O–H groups in total. The Labute approximate surface area is 148 Å². The van der Waals surface area contributed by atoms with E-state index in [0.717, 1.165) is 6.07 Å². The number of nitrogens with zero attached hydrogens (tertiary/aromatic N) is 3. The zero-order valence-electron chi connectivity index (χ0n) is 14.2. The molecule has 0 atom stereocenters. The smallest absolute Gasteiger partial charge is 0.320 e. The highest BCUT2D eigenvalue weighted by Crippen LogP contribution is 2.34. The average molecular weight is 362 g/mol. The molecule has 5 nitrogen and oxygen atoms in total. The molecule has 0 saturated heterocycles. The van der Waals surface area contributed by atoms with Crippen molar-refractivity contribution in [3.8, 4) is 0 Å². The van der Waals surface area contributed by atoms with Crippen molar-refractivity contribution in [1.29, 1.82) is 0 Å². The molecule has 8 heteroatoms. The summed E-state index contributed by atoms with van der Waals surface area (Å²) >= 11 is 0. The molecule has 2 heterocycles. The summed E-state index contributed by atoms with van der Waals surface area (Å²) in [6, 6.07) is 10.2. The summed E-state index contributed by atoms with van der Waals surface area (Å²) in [5.41, 5.74) is 0.0669. The predicted octanol–water partition coefficient (Wildman–Crippen LogP) is 3.67. The first-order chi connectivity index (χ1) is 12.3. The Morgan fingerprint density at radius 1 is 1.15 bits per heavy atom. The molecule has 3 rings (SSSR count). The number of benzene rings is 1. The standard InChI is InChI=1S/C18H17F3N4O/c1-24(2)11-14-16(23-15-9-5-6-10-25(14)15)17(26)22-13-8-4-3-7-12(13)18(19,20)21/h3-10H,11H2,1-2H3,(H,22,26).